The van der Waals surface area contributed by atoms with Gasteiger partial charge in [-0.05, 0) is 45.1 Å². The standard InChI is InChI=1S/C41H60N8O10/c1-8-31-38(54)48-34(40(57)58)26(5)36(52)46-29(15-12-20-44-41(42)43)37(53)45-28(25(4)35(51)47-30(39(55)56)18-19-33(50)49(31)6)17-16-23(2)21-24(3)32(59-7)22-27-13-10-9-11-14-27/h8-11,13-14,16-17,21,24-26,28-30,32,34H,12,15,18-20,22H2,1-7H3,(H,45,53)(H,46,52)(H,47,51)(H,48,54)(H,55,56)(H,57,58)(H4,42,43,44). The van der Waals surface area contributed by atoms with E-state index in [1.54, 1.807) is 19.3 Å². The second-order valence-electron chi connectivity index (χ2n) is 14.6. The van der Waals surface area contributed by atoms with Crippen molar-refractivity contribution in [3.8, 4) is 0 Å². The first kappa shape index (κ1) is 49.1. The molecule has 1 aliphatic rings. The number of carbonyl (C=O) groups is 7. The van der Waals surface area contributed by atoms with E-state index in [0.29, 0.717) is 6.42 Å². The second kappa shape index (κ2) is 24.0. The fourth-order valence-corrected chi connectivity index (χ4v) is 6.38. The maximum absolute atomic E-state index is 14.1. The smallest absolute Gasteiger partial charge is 0.327 e. The summed E-state index contributed by atoms with van der Waals surface area (Å²) in [6.07, 6.45) is 6.35. The average molecular weight is 825 g/mol. The number of carbonyl (C=O) groups excluding carboxylic acids is 5. The molecule has 18 heteroatoms. The molecule has 18 nitrogen and oxygen atoms in total. The normalized spacial score (nSPS) is 25.1. The summed E-state index contributed by atoms with van der Waals surface area (Å²) in [7, 11) is 2.88. The van der Waals surface area contributed by atoms with E-state index in [-0.39, 0.29) is 49.5 Å². The molecule has 324 valence electrons. The van der Waals surface area contributed by atoms with Crippen LogP contribution in [-0.2, 0) is 44.7 Å². The van der Waals surface area contributed by atoms with E-state index in [1.807, 2.05) is 50.3 Å². The summed E-state index contributed by atoms with van der Waals surface area (Å²) in [5, 5.41) is 30.2. The van der Waals surface area contributed by atoms with Crippen LogP contribution in [0.15, 0.2) is 70.9 Å². The number of nitrogens with zero attached hydrogens (tertiary/aromatic N) is 2. The number of hydrogen-bond acceptors (Lipinski definition) is 9. The minimum Gasteiger partial charge on any atom is -0.480 e. The summed E-state index contributed by atoms with van der Waals surface area (Å²) >= 11 is 0. The third-order valence-corrected chi connectivity index (χ3v) is 10.1. The largest absolute Gasteiger partial charge is 0.480 e. The Bertz CT molecular complexity index is 1780. The lowest BCUT2D eigenvalue weighted by atomic mass is 9.94. The van der Waals surface area contributed by atoms with Crippen molar-refractivity contribution in [3.05, 3.63) is 71.5 Å². The minimum absolute atomic E-state index is 0.0326. The molecule has 1 fully saturated rings. The number of amides is 5. The van der Waals surface area contributed by atoms with Gasteiger partial charge in [-0.25, -0.2) is 9.59 Å². The molecule has 2 rings (SSSR count). The summed E-state index contributed by atoms with van der Waals surface area (Å²) in [5.74, 6) is -9.91. The molecule has 10 N–H and O–H groups in total. The molecule has 5 amide bonds. The number of carboxylic acid groups (broad SMARTS) is 2. The van der Waals surface area contributed by atoms with Crippen LogP contribution in [0.5, 0.6) is 0 Å². The molecule has 1 aromatic rings. The number of nitrogens with one attached hydrogen (secondary N) is 4. The number of hydrogen-bond donors (Lipinski definition) is 8. The zero-order valence-electron chi connectivity index (χ0n) is 34.8. The second-order valence-corrected chi connectivity index (χ2v) is 14.6. The number of carboxylic acids is 2. The van der Waals surface area contributed by atoms with Crippen LogP contribution < -0.4 is 32.7 Å². The molecule has 1 aliphatic heterocycles. The van der Waals surface area contributed by atoms with E-state index >= 15 is 0 Å². The number of guanidine groups is 1. The van der Waals surface area contributed by atoms with Gasteiger partial charge in [0.25, 0.3) is 5.91 Å². The van der Waals surface area contributed by atoms with Crippen molar-refractivity contribution in [3.63, 3.8) is 0 Å². The third-order valence-electron chi connectivity index (χ3n) is 10.1. The van der Waals surface area contributed by atoms with E-state index in [0.717, 1.165) is 16.0 Å². The number of nitrogens with two attached hydrogens (primary N) is 2. The monoisotopic (exact) mass is 824 g/mol. The van der Waals surface area contributed by atoms with Crippen LogP contribution in [-0.4, -0.2) is 114 Å². The number of likely N-dealkylation sites (N-methyl/N-ethyl adjacent to an activating group) is 1. The average Bonchev–Trinajstić information content (AvgIpc) is 3.19. The van der Waals surface area contributed by atoms with Crippen molar-refractivity contribution in [2.75, 3.05) is 20.7 Å². The lowest BCUT2D eigenvalue weighted by Crippen LogP contribution is -2.56. The minimum atomic E-state index is -1.80. The van der Waals surface area contributed by atoms with Gasteiger partial charge in [-0.15, -0.1) is 0 Å². The molecule has 8 atom stereocenters. The van der Waals surface area contributed by atoms with Gasteiger partial charge in [-0.1, -0.05) is 81.0 Å². The first-order chi connectivity index (χ1) is 27.8. The van der Waals surface area contributed by atoms with Crippen molar-refractivity contribution in [1.29, 1.82) is 0 Å². The van der Waals surface area contributed by atoms with Crippen LogP contribution in [0.1, 0.15) is 65.9 Å². The van der Waals surface area contributed by atoms with Crippen LogP contribution in [0.3, 0.4) is 0 Å². The van der Waals surface area contributed by atoms with Gasteiger partial charge in [-0.3, -0.25) is 29.0 Å². The van der Waals surface area contributed by atoms with Crippen LogP contribution in [0.4, 0.5) is 0 Å². The number of allylic oxidation sites excluding steroid dienone is 3. The van der Waals surface area contributed by atoms with E-state index in [9.17, 15) is 43.8 Å². The Labute approximate surface area is 344 Å². The van der Waals surface area contributed by atoms with Crippen molar-refractivity contribution in [2.24, 2.45) is 34.2 Å². The molecular formula is C41H60N8O10. The fourth-order valence-electron chi connectivity index (χ4n) is 6.38. The highest BCUT2D eigenvalue weighted by Crippen LogP contribution is 2.19. The highest BCUT2D eigenvalue weighted by molar-refractivity contribution is 6.00. The Morgan fingerprint density at radius 2 is 1.61 bits per heavy atom. The molecule has 1 heterocycles. The van der Waals surface area contributed by atoms with E-state index < -0.39 is 83.9 Å². The van der Waals surface area contributed by atoms with Gasteiger partial charge in [0.1, 0.15) is 23.8 Å². The Kier molecular flexibility index (Phi) is 20.0. The van der Waals surface area contributed by atoms with Crippen molar-refractivity contribution < 1.29 is 48.5 Å². The number of aliphatic imine (C=N–C) groups is 1. The number of methoxy groups -OCH3 is 1. The maximum atomic E-state index is 14.1. The van der Waals surface area contributed by atoms with Crippen LogP contribution >= 0.6 is 0 Å². The Hall–Kier alpha value is -6.04. The summed E-state index contributed by atoms with van der Waals surface area (Å²) in [6.45, 7) is 8.07. The molecule has 1 saturated heterocycles. The third kappa shape index (κ3) is 15.7. The number of aliphatic carboxylic acids is 2. The highest BCUT2D eigenvalue weighted by atomic mass is 16.5. The van der Waals surface area contributed by atoms with E-state index in [2.05, 4.69) is 26.3 Å². The molecule has 59 heavy (non-hydrogen) atoms. The molecule has 0 aromatic heterocycles. The fraction of sp³-hybridized carbons (Fsp3) is 0.512. The summed E-state index contributed by atoms with van der Waals surface area (Å²) in [6, 6.07) is 4.12. The van der Waals surface area contributed by atoms with Gasteiger partial charge in [-0.2, -0.15) is 0 Å². The molecular weight excluding hydrogens is 764 g/mol. The molecule has 0 aliphatic carbocycles. The summed E-state index contributed by atoms with van der Waals surface area (Å²) in [4.78, 5) is 97.5. The first-order valence-electron chi connectivity index (χ1n) is 19.4. The van der Waals surface area contributed by atoms with Gasteiger partial charge in [0.2, 0.25) is 23.6 Å². The molecule has 8 unspecified atom stereocenters. The van der Waals surface area contributed by atoms with Crippen LogP contribution in [0.25, 0.3) is 0 Å². The zero-order valence-corrected chi connectivity index (χ0v) is 34.8. The predicted molar refractivity (Wildman–Crippen MR) is 220 cm³/mol. The Morgan fingerprint density at radius 1 is 0.966 bits per heavy atom. The number of benzene rings is 1. The zero-order chi connectivity index (χ0) is 44.4. The SMILES string of the molecule is CC=C1C(=O)NC(C(=O)O)C(C)C(=O)NC(CCCN=C(N)N)C(=O)NC(C=CC(C)=CC(C)C(Cc2ccccc2)OC)C(C)C(=O)NC(C(=O)O)CCC(=O)N1C. The predicted octanol–water partition coefficient (Wildman–Crippen LogP) is 0.973. The quantitative estimate of drug-likeness (QED) is 0.0454. The van der Waals surface area contributed by atoms with Gasteiger partial charge >= 0.3 is 11.9 Å². The van der Waals surface area contributed by atoms with E-state index in [4.69, 9.17) is 16.2 Å². The lowest BCUT2D eigenvalue weighted by Gasteiger charge is -2.28. The van der Waals surface area contributed by atoms with Crippen molar-refractivity contribution >= 4 is 47.4 Å². The van der Waals surface area contributed by atoms with Crippen LogP contribution in [0, 0.1) is 17.8 Å². The van der Waals surface area contributed by atoms with E-state index in [1.165, 1.54) is 33.9 Å². The highest BCUT2D eigenvalue weighted by Gasteiger charge is 2.36. The Morgan fingerprint density at radius 3 is 2.19 bits per heavy atom. The van der Waals surface area contributed by atoms with Crippen LogP contribution in [0.2, 0.25) is 0 Å². The maximum Gasteiger partial charge on any atom is 0.327 e. The molecule has 1 aromatic carbocycles. The van der Waals surface area contributed by atoms with Gasteiger partial charge in [0.15, 0.2) is 5.96 Å². The van der Waals surface area contributed by atoms with Gasteiger partial charge in [0.05, 0.1) is 24.0 Å². The number of ether oxygens (including phenoxy) is 1. The molecule has 0 radical (unpaired) electrons. The summed E-state index contributed by atoms with van der Waals surface area (Å²) < 4.78 is 5.79. The molecule has 0 bridgehead atoms. The lowest BCUT2D eigenvalue weighted by molar-refractivity contribution is -0.146. The van der Waals surface area contributed by atoms with Gasteiger partial charge in [0, 0.05) is 33.0 Å². The topological polar surface area (TPSA) is 285 Å². The Balaban J connectivity index is 2.63. The summed E-state index contributed by atoms with van der Waals surface area (Å²) in [5.41, 5.74) is 12.5. The van der Waals surface area contributed by atoms with Crippen molar-refractivity contribution in [2.45, 2.75) is 97.0 Å². The molecule has 0 saturated carbocycles. The molecule has 0 spiro atoms. The number of rotatable bonds is 13. The van der Waals surface area contributed by atoms with Gasteiger partial charge < -0.3 is 52.6 Å². The first-order valence-corrected chi connectivity index (χ1v) is 19.4. The van der Waals surface area contributed by atoms with Crippen molar-refractivity contribution in [1.82, 2.24) is 26.2 Å².